The largest absolute Gasteiger partial charge is 0.508 e. The second-order valence-electron chi connectivity index (χ2n) is 5.71. The van der Waals surface area contributed by atoms with E-state index in [1.54, 1.807) is 20.8 Å². The third kappa shape index (κ3) is 4.90. The summed E-state index contributed by atoms with van der Waals surface area (Å²) in [5.41, 5.74) is 4.71. The number of benzene rings is 1. The van der Waals surface area contributed by atoms with Crippen molar-refractivity contribution in [3.05, 3.63) is 23.8 Å². The van der Waals surface area contributed by atoms with Gasteiger partial charge in [0.05, 0.1) is 5.69 Å². The number of anilines is 1. The number of phenols is 1. The molecule has 8 heteroatoms. The minimum Gasteiger partial charge on any atom is -0.508 e. The SMILES string of the molecule is CC(C)(C)OC(=O)Nc1ccc(O)cc1C(O)C(N)C(=O)O. The highest BCUT2D eigenvalue weighted by Gasteiger charge is 2.27. The van der Waals surface area contributed by atoms with E-state index >= 15 is 0 Å². The number of hydrogen-bond donors (Lipinski definition) is 5. The Kier molecular flexibility index (Phi) is 5.34. The maximum Gasteiger partial charge on any atom is 0.412 e. The summed E-state index contributed by atoms with van der Waals surface area (Å²) < 4.78 is 5.07. The molecule has 122 valence electrons. The number of rotatable bonds is 4. The lowest BCUT2D eigenvalue weighted by Crippen LogP contribution is -2.37. The second-order valence-corrected chi connectivity index (χ2v) is 5.71. The van der Waals surface area contributed by atoms with E-state index in [1.165, 1.54) is 12.1 Å². The monoisotopic (exact) mass is 312 g/mol. The average molecular weight is 312 g/mol. The molecule has 0 bridgehead atoms. The first kappa shape index (κ1) is 17.7. The fourth-order valence-electron chi connectivity index (χ4n) is 1.65. The standard InChI is InChI=1S/C14H20N2O6/c1-14(2,3)22-13(21)16-9-5-4-7(17)6-8(9)11(18)10(15)12(19)20/h4-6,10-11,17-18H,15H2,1-3H3,(H,16,21)(H,19,20). The number of carboxylic acid groups (broad SMARTS) is 1. The van der Waals surface area contributed by atoms with Gasteiger partial charge in [-0.3, -0.25) is 10.1 Å². The number of aliphatic hydroxyl groups is 1. The van der Waals surface area contributed by atoms with Crippen molar-refractivity contribution < 1.29 is 29.6 Å². The quantitative estimate of drug-likeness (QED) is 0.525. The molecule has 1 aromatic carbocycles. The second kappa shape index (κ2) is 6.63. The molecule has 0 aliphatic carbocycles. The lowest BCUT2D eigenvalue weighted by atomic mass is 10.0. The summed E-state index contributed by atoms with van der Waals surface area (Å²) in [4.78, 5) is 22.6. The van der Waals surface area contributed by atoms with Crippen LogP contribution in [0.25, 0.3) is 0 Å². The molecule has 0 radical (unpaired) electrons. The van der Waals surface area contributed by atoms with Crippen LogP contribution in [-0.2, 0) is 9.53 Å². The highest BCUT2D eigenvalue weighted by atomic mass is 16.6. The molecular formula is C14H20N2O6. The number of amides is 1. The van der Waals surface area contributed by atoms with Gasteiger partial charge in [0.25, 0.3) is 0 Å². The van der Waals surface area contributed by atoms with E-state index in [2.05, 4.69) is 5.32 Å². The molecule has 22 heavy (non-hydrogen) atoms. The zero-order valence-corrected chi connectivity index (χ0v) is 12.5. The minimum atomic E-state index is -1.62. The lowest BCUT2D eigenvalue weighted by Gasteiger charge is -2.22. The van der Waals surface area contributed by atoms with Gasteiger partial charge in [-0.15, -0.1) is 0 Å². The number of aliphatic hydroxyl groups excluding tert-OH is 1. The number of ether oxygens (including phenoxy) is 1. The molecule has 0 aliphatic rings. The molecule has 0 saturated heterocycles. The van der Waals surface area contributed by atoms with Gasteiger partial charge in [0, 0.05) is 5.56 Å². The summed E-state index contributed by atoms with van der Waals surface area (Å²) in [6.45, 7) is 5.04. The van der Waals surface area contributed by atoms with E-state index in [0.29, 0.717) is 0 Å². The first-order chi connectivity index (χ1) is 10.0. The molecule has 0 heterocycles. The molecule has 0 saturated carbocycles. The number of hydrogen-bond acceptors (Lipinski definition) is 6. The van der Waals surface area contributed by atoms with Crippen molar-refractivity contribution in [1.29, 1.82) is 0 Å². The molecule has 0 aliphatic heterocycles. The van der Waals surface area contributed by atoms with E-state index in [9.17, 15) is 19.8 Å². The number of aliphatic carboxylic acids is 1. The van der Waals surface area contributed by atoms with Gasteiger partial charge in [0.1, 0.15) is 23.5 Å². The van der Waals surface area contributed by atoms with Crippen LogP contribution in [0.15, 0.2) is 18.2 Å². The molecule has 0 fully saturated rings. The third-order valence-corrected chi connectivity index (χ3v) is 2.61. The summed E-state index contributed by atoms with van der Waals surface area (Å²) in [6.07, 6.45) is -2.40. The van der Waals surface area contributed by atoms with Crippen LogP contribution in [0, 0.1) is 0 Å². The van der Waals surface area contributed by atoms with Crippen LogP contribution in [0.5, 0.6) is 5.75 Å². The highest BCUT2D eigenvalue weighted by Crippen LogP contribution is 2.29. The minimum absolute atomic E-state index is 0.0271. The molecule has 1 amide bonds. The van der Waals surface area contributed by atoms with Crippen LogP contribution in [0.2, 0.25) is 0 Å². The van der Waals surface area contributed by atoms with Crippen LogP contribution >= 0.6 is 0 Å². The number of carbonyl (C=O) groups is 2. The summed E-state index contributed by atoms with van der Waals surface area (Å²) >= 11 is 0. The van der Waals surface area contributed by atoms with Crippen LogP contribution < -0.4 is 11.1 Å². The summed E-state index contributed by atoms with van der Waals surface area (Å²) in [7, 11) is 0. The van der Waals surface area contributed by atoms with Crippen molar-refractivity contribution in [2.45, 2.75) is 38.5 Å². The zero-order chi connectivity index (χ0) is 17.1. The van der Waals surface area contributed by atoms with Gasteiger partial charge >= 0.3 is 12.1 Å². The number of nitrogens with one attached hydrogen (secondary N) is 1. The van der Waals surface area contributed by atoms with Crippen LogP contribution in [0.3, 0.4) is 0 Å². The van der Waals surface area contributed by atoms with Crippen molar-refractivity contribution in [1.82, 2.24) is 0 Å². The lowest BCUT2D eigenvalue weighted by molar-refractivity contribution is -0.141. The first-order valence-corrected chi connectivity index (χ1v) is 6.50. The van der Waals surface area contributed by atoms with Crippen molar-refractivity contribution in [2.24, 2.45) is 5.73 Å². The Labute approximate surface area is 127 Å². The highest BCUT2D eigenvalue weighted by molar-refractivity contribution is 5.86. The molecule has 2 unspecified atom stereocenters. The molecule has 0 aromatic heterocycles. The summed E-state index contributed by atoms with van der Waals surface area (Å²) in [5.74, 6) is -1.62. The number of nitrogens with two attached hydrogens (primary N) is 1. The number of carbonyl (C=O) groups excluding carboxylic acids is 1. The van der Waals surface area contributed by atoms with E-state index < -0.39 is 29.8 Å². The molecule has 6 N–H and O–H groups in total. The predicted molar refractivity (Wildman–Crippen MR) is 78.5 cm³/mol. The van der Waals surface area contributed by atoms with Gasteiger partial charge in [-0.2, -0.15) is 0 Å². The van der Waals surface area contributed by atoms with Gasteiger partial charge in [-0.05, 0) is 39.0 Å². The van der Waals surface area contributed by atoms with E-state index in [4.69, 9.17) is 15.6 Å². The van der Waals surface area contributed by atoms with Gasteiger partial charge in [0.2, 0.25) is 0 Å². The molecule has 8 nitrogen and oxygen atoms in total. The molecular weight excluding hydrogens is 292 g/mol. The molecule has 2 atom stereocenters. The van der Waals surface area contributed by atoms with Gasteiger partial charge in [0.15, 0.2) is 0 Å². The normalized spacial score (nSPS) is 14.0. The Morgan fingerprint density at radius 2 is 1.91 bits per heavy atom. The summed E-state index contributed by atoms with van der Waals surface area (Å²) in [6, 6.07) is 2.10. The van der Waals surface area contributed by atoms with Gasteiger partial charge < -0.3 is 25.8 Å². The van der Waals surface area contributed by atoms with Gasteiger partial charge in [-0.25, -0.2) is 4.79 Å². The van der Waals surface area contributed by atoms with Gasteiger partial charge in [-0.1, -0.05) is 0 Å². The maximum atomic E-state index is 11.8. The zero-order valence-electron chi connectivity index (χ0n) is 12.5. The Hall–Kier alpha value is -2.32. The average Bonchev–Trinajstić information content (AvgIpc) is 2.36. The Bertz CT molecular complexity index is 567. The maximum absolute atomic E-state index is 11.8. The van der Waals surface area contributed by atoms with E-state index in [0.717, 1.165) is 6.07 Å². The number of aromatic hydroxyl groups is 1. The van der Waals surface area contributed by atoms with Crippen molar-refractivity contribution in [2.75, 3.05) is 5.32 Å². The van der Waals surface area contributed by atoms with Crippen LogP contribution in [0.1, 0.15) is 32.4 Å². The third-order valence-electron chi connectivity index (χ3n) is 2.61. The Morgan fingerprint density at radius 3 is 2.41 bits per heavy atom. The molecule has 1 rings (SSSR count). The molecule has 1 aromatic rings. The Morgan fingerprint density at radius 1 is 1.32 bits per heavy atom. The molecule has 0 spiro atoms. The first-order valence-electron chi connectivity index (χ1n) is 6.50. The number of carboxylic acids is 1. The number of phenolic OH excluding ortho intramolecular Hbond substituents is 1. The summed E-state index contributed by atoms with van der Waals surface area (Å²) in [5, 5.41) is 30.7. The Balaban J connectivity index is 3.06. The smallest absolute Gasteiger partial charge is 0.412 e. The predicted octanol–water partition coefficient (Wildman–Crippen LogP) is 1.18. The fourth-order valence-corrected chi connectivity index (χ4v) is 1.65. The van der Waals surface area contributed by atoms with Crippen molar-refractivity contribution in [3.8, 4) is 5.75 Å². The van der Waals surface area contributed by atoms with E-state index in [1.807, 2.05) is 0 Å². The fraction of sp³-hybridized carbons (Fsp3) is 0.429. The van der Waals surface area contributed by atoms with Crippen LogP contribution in [-0.4, -0.2) is 39.0 Å². The van der Waals surface area contributed by atoms with E-state index in [-0.39, 0.29) is 17.0 Å². The van der Waals surface area contributed by atoms with Crippen LogP contribution in [0.4, 0.5) is 10.5 Å². The van der Waals surface area contributed by atoms with Crippen molar-refractivity contribution >= 4 is 17.7 Å². The topological polar surface area (TPSA) is 142 Å². The van der Waals surface area contributed by atoms with Crippen molar-refractivity contribution in [3.63, 3.8) is 0 Å².